The average molecular weight is 611 g/mol. The van der Waals surface area contributed by atoms with Crippen molar-refractivity contribution >= 4 is 55.8 Å². The first-order valence-corrected chi connectivity index (χ1v) is 16.6. The van der Waals surface area contributed by atoms with E-state index >= 15 is 0 Å². The Bertz CT molecular complexity index is 2700. The van der Waals surface area contributed by atoms with Crippen molar-refractivity contribution in [1.29, 1.82) is 0 Å². The van der Waals surface area contributed by atoms with E-state index in [-0.39, 0.29) is 6.71 Å². The largest absolute Gasteiger partial charge is 0.458 e. The van der Waals surface area contributed by atoms with Gasteiger partial charge in [0.2, 0.25) is 0 Å². The van der Waals surface area contributed by atoms with Gasteiger partial charge in [-0.1, -0.05) is 127 Å². The highest BCUT2D eigenvalue weighted by molar-refractivity contribution is 6.99. The fraction of sp³-hybridized carbons (Fsp3) is 0. The van der Waals surface area contributed by atoms with Crippen LogP contribution in [-0.2, 0) is 0 Å². The summed E-state index contributed by atoms with van der Waals surface area (Å²) in [4.78, 5) is 0. The number of fused-ring (bicyclic) bond motifs is 7. The number of nitrogens with zero attached hydrogens (tertiary/aromatic N) is 2. The van der Waals surface area contributed by atoms with Crippen molar-refractivity contribution in [3.05, 3.63) is 164 Å². The molecule has 0 bridgehead atoms. The summed E-state index contributed by atoms with van der Waals surface area (Å²) in [6.45, 7) is 0.0468. The van der Waals surface area contributed by atoms with E-state index in [1.807, 2.05) is 0 Å². The third-order valence-electron chi connectivity index (χ3n) is 10.4. The van der Waals surface area contributed by atoms with Crippen LogP contribution in [0.5, 0.6) is 11.5 Å². The standard InChI is InChI=1S/C44H27BN2O/c1-3-13-28(14-4-1)41-33-19-11-20-35-44(33)47(43(41)29-15-5-2-6-16-29)38-23-12-24-39-42(38)45(35)34-26-25-30(27-40(34)48-39)46-36-21-9-7-17-31(36)32-18-8-10-22-37(32)46/h1-27H. The Balaban J connectivity index is 1.20. The molecule has 0 aliphatic carbocycles. The third-order valence-corrected chi connectivity index (χ3v) is 10.4. The molecular formula is C44H27BN2O. The van der Waals surface area contributed by atoms with Crippen LogP contribution in [0.2, 0.25) is 0 Å². The van der Waals surface area contributed by atoms with E-state index in [9.17, 15) is 0 Å². The quantitative estimate of drug-likeness (QED) is 0.183. The van der Waals surface area contributed by atoms with E-state index in [0.717, 1.165) is 17.2 Å². The van der Waals surface area contributed by atoms with Crippen LogP contribution in [0.15, 0.2) is 164 Å². The minimum atomic E-state index is 0.0468. The van der Waals surface area contributed by atoms with Crippen LogP contribution in [0, 0.1) is 0 Å². The van der Waals surface area contributed by atoms with E-state index in [1.54, 1.807) is 0 Å². The second-order valence-corrected chi connectivity index (χ2v) is 12.9. The summed E-state index contributed by atoms with van der Waals surface area (Å²) >= 11 is 0. The van der Waals surface area contributed by atoms with Crippen molar-refractivity contribution in [3.63, 3.8) is 0 Å². The maximum Gasteiger partial charge on any atom is 0.256 e. The number of para-hydroxylation sites is 3. The zero-order chi connectivity index (χ0) is 31.3. The SMILES string of the molecule is c1ccc(-c2c(-c3ccccc3)n3c4c(cccc24)B2c4ccc(-n5c6ccccc6c6ccccc65)cc4Oc4cccc-3c42)cc1. The Kier molecular flexibility index (Phi) is 5.19. The van der Waals surface area contributed by atoms with Crippen LogP contribution in [0.3, 0.4) is 0 Å². The van der Waals surface area contributed by atoms with Crippen LogP contribution in [0.4, 0.5) is 0 Å². The first-order valence-electron chi connectivity index (χ1n) is 16.6. The summed E-state index contributed by atoms with van der Waals surface area (Å²) in [6.07, 6.45) is 0. The van der Waals surface area contributed by atoms with Gasteiger partial charge >= 0.3 is 0 Å². The molecule has 0 atom stereocenters. The van der Waals surface area contributed by atoms with E-state index in [4.69, 9.17) is 4.74 Å². The second kappa shape index (κ2) is 9.63. The molecule has 4 heterocycles. The Labute approximate surface area is 278 Å². The molecule has 3 nitrogen and oxygen atoms in total. The Morgan fingerprint density at radius 2 is 1.10 bits per heavy atom. The molecule has 222 valence electrons. The number of aromatic nitrogens is 2. The number of rotatable bonds is 3. The van der Waals surface area contributed by atoms with Gasteiger partial charge in [-0.3, -0.25) is 0 Å². The smallest absolute Gasteiger partial charge is 0.256 e. The van der Waals surface area contributed by atoms with Crippen LogP contribution in [0.1, 0.15) is 0 Å². The van der Waals surface area contributed by atoms with Crippen molar-refractivity contribution < 1.29 is 4.74 Å². The first-order chi connectivity index (χ1) is 23.8. The molecule has 0 fully saturated rings. The number of benzene rings is 7. The Morgan fingerprint density at radius 1 is 0.458 bits per heavy atom. The van der Waals surface area contributed by atoms with Crippen LogP contribution < -0.4 is 21.1 Å². The molecule has 2 aliphatic rings. The highest BCUT2D eigenvalue weighted by Crippen LogP contribution is 2.44. The molecule has 11 rings (SSSR count). The van der Waals surface area contributed by atoms with Crippen LogP contribution in [-0.4, -0.2) is 15.8 Å². The van der Waals surface area contributed by atoms with Gasteiger partial charge in [0.05, 0.1) is 16.7 Å². The van der Waals surface area contributed by atoms with E-state index in [1.165, 1.54) is 77.2 Å². The minimum absolute atomic E-state index is 0.0468. The predicted octanol–water partition coefficient (Wildman–Crippen LogP) is 9.00. The van der Waals surface area contributed by atoms with Crippen molar-refractivity contribution in [2.45, 2.75) is 0 Å². The molecule has 0 N–H and O–H groups in total. The van der Waals surface area contributed by atoms with Gasteiger partial charge in [-0.05, 0) is 57.8 Å². The fourth-order valence-electron chi connectivity index (χ4n) is 8.50. The van der Waals surface area contributed by atoms with E-state index in [0.29, 0.717) is 0 Å². The molecule has 4 heteroatoms. The maximum atomic E-state index is 6.91. The average Bonchev–Trinajstić information content (AvgIpc) is 3.68. The lowest BCUT2D eigenvalue weighted by molar-refractivity contribution is 0.487. The predicted molar refractivity (Wildman–Crippen MR) is 200 cm³/mol. The summed E-state index contributed by atoms with van der Waals surface area (Å²) in [6, 6.07) is 59.2. The highest BCUT2D eigenvalue weighted by atomic mass is 16.5. The Hall–Kier alpha value is -6.26. The van der Waals surface area contributed by atoms with E-state index in [2.05, 4.69) is 173 Å². The lowest BCUT2D eigenvalue weighted by Crippen LogP contribution is -2.58. The summed E-state index contributed by atoms with van der Waals surface area (Å²) in [5, 5.41) is 3.78. The molecule has 0 saturated carbocycles. The molecular weight excluding hydrogens is 583 g/mol. The van der Waals surface area contributed by atoms with Gasteiger partial charge in [-0.25, -0.2) is 0 Å². The highest BCUT2D eigenvalue weighted by Gasteiger charge is 2.41. The maximum absolute atomic E-state index is 6.91. The van der Waals surface area contributed by atoms with Gasteiger partial charge in [-0.2, -0.15) is 0 Å². The molecule has 0 amide bonds. The number of hydrogen-bond donors (Lipinski definition) is 0. The van der Waals surface area contributed by atoms with Gasteiger partial charge in [0.15, 0.2) is 0 Å². The molecule has 0 radical (unpaired) electrons. The topological polar surface area (TPSA) is 19.1 Å². The summed E-state index contributed by atoms with van der Waals surface area (Å²) < 4.78 is 11.8. The fourth-order valence-corrected chi connectivity index (χ4v) is 8.50. The van der Waals surface area contributed by atoms with Gasteiger partial charge in [0, 0.05) is 44.7 Å². The van der Waals surface area contributed by atoms with Gasteiger partial charge < -0.3 is 13.9 Å². The lowest BCUT2D eigenvalue weighted by atomic mass is 9.34. The number of hydrogen-bond acceptors (Lipinski definition) is 1. The van der Waals surface area contributed by atoms with Crippen molar-refractivity contribution in [2.24, 2.45) is 0 Å². The zero-order valence-electron chi connectivity index (χ0n) is 26.0. The Morgan fingerprint density at radius 3 is 1.85 bits per heavy atom. The molecule has 0 unspecified atom stereocenters. The molecule has 0 saturated heterocycles. The van der Waals surface area contributed by atoms with Crippen molar-refractivity contribution in [1.82, 2.24) is 9.13 Å². The monoisotopic (exact) mass is 610 g/mol. The molecule has 48 heavy (non-hydrogen) atoms. The van der Waals surface area contributed by atoms with Gasteiger partial charge in [0.25, 0.3) is 6.71 Å². The molecule has 0 spiro atoms. The van der Waals surface area contributed by atoms with Gasteiger partial charge in [-0.15, -0.1) is 0 Å². The van der Waals surface area contributed by atoms with Crippen LogP contribution in [0.25, 0.3) is 66.5 Å². The summed E-state index contributed by atoms with van der Waals surface area (Å²) in [5.74, 6) is 1.83. The second-order valence-electron chi connectivity index (χ2n) is 12.9. The summed E-state index contributed by atoms with van der Waals surface area (Å²) in [7, 11) is 0. The van der Waals surface area contributed by atoms with Gasteiger partial charge in [0.1, 0.15) is 11.5 Å². The van der Waals surface area contributed by atoms with E-state index < -0.39 is 0 Å². The first kappa shape index (κ1) is 25.9. The molecule has 2 aromatic heterocycles. The minimum Gasteiger partial charge on any atom is -0.458 e. The molecule has 9 aromatic rings. The lowest BCUT2D eigenvalue weighted by Gasteiger charge is -2.33. The van der Waals surface area contributed by atoms with Crippen molar-refractivity contribution in [3.8, 4) is 45.3 Å². The molecule has 2 aliphatic heterocycles. The third kappa shape index (κ3) is 3.39. The van der Waals surface area contributed by atoms with Crippen LogP contribution >= 0.6 is 0 Å². The van der Waals surface area contributed by atoms with Crippen molar-refractivity contribution in [2.75, 3.05) is 0 Å². The zero-order valence-corrected chi connectivity index (χ0v) is 26.0. The number of ether oxygens (including phenoxy) is 1. The summed E-state index contributed by atoms with van der Waals surface area (Å²) in [5.41, 5.74) is 14.5. The normalized spacial score (nSPS) is 12.7. The molecule has 7 aromatic carbocycles.